The molecule has 0 atom stereocenters. The van der Waals surface area contributed by atoms with Crippen LogP contribution in [-0.4, -0.2) is 11.4 Å². The number of benzene rings is 2. The fraction of sp³-hybridized carbons (Fsp3) is 0.176. The third kappa shape index (κ3) is 1.89. The molecule has 2 aromatic rings. The third-order valence-electron chi connectivity index (χ3n) is 3.75. The summed E-state index contributed by atoms with van der Waals surface area (Å²) in [6.45, 7) is 3.64. The Hall–Kier alpha value is -2.22. The van der Waals surface area contributed by atoms with Gasteiger partial charge < -0.3 is 10.8 Å². The van der Waals surface area contributed by atoms with Crippen molar-refractivity contribution in [1.29, 1.82) is 10.8 Å². The van der Waals surface area contributed by atoms with Crippen molar-refractivity contribution >= 4 is 11.4 Å². The quantitative estimate of drug-likeness (QED) is 0.643. The SMILES string of the molecule is CC(=N)c1ccc2c(c1)Cc1cc(C(C)=N)ccc1-2. The lowest BCUT2D eigenvalue weighted by Crippen LogP contribution is -1.93. The molecule has 0 amide bonds. The molecular formula is C17H16N2. The van der Waals surface area contributed by atoms with Gasteiger partial charge in [-0.3, -0.25) is 0 Å². The highest BCUT2D eigenvalue weighted by atomic mass is 14.4. The van der Waals surface area contributed by atoms with Crippen molar-refractivity contribution in [3.63, 3.8) is 0 Å². The molecule has 0 unspecified atom stereocenters. The number of fused-ring (bicyclic) bond motifs is 3. The predicted octanol–water partition coefficient (Wildman–Crippen LogP) is 4.03. The largest absolute Gasteiger partial charge is 0.305 e. The van der Waals surface area contributed by atoms with E-state index in [0.29, 0.717) is 11.4 Å². The summed E-state index contributed by atoms with van der Waals surface area (Å²) in [5.41, 5.74) is 8.33. The summed E-state index contributed by atoms with van der Waals surface area (Å²) in [4.78, 5) is 0. The van der Waals surface area contributed by atoms with Gasteiger partial charge in [-0.05, 0) is 65.8 Å². The van der Waals surface area contributed by atoms with Crippen molar-refractivity contribution in [2.24, 2.45) is 0 Å². The average molecular weight is 248 g/mol. The van der Waals surface area contributed by atoms with Gasteiger partial charge in [-0.15, -0.1) is 0 Å². The molecule has 0 aromatic heterocycles. The van der Waals surface area contributed by atoms with Gasteiger partial charge in [0.2, 0.25) is 0 Å². The number of hydrogen-bond donors (Lipinski definition) is 2. The minimum Gasteiger partial charge on any atom is -0.305 e. The summed E-state index contributed by atoms with van der Waals surface area (Å²) in [5.74, 6) is 0. The van der Waals surface area contributed by atoms with Gasteiger partial charge >= 0.3 is 0 Å². The first kappa shape index (κ1) is 11.8. The van der Waals surface area contributed by atoms with Gasteiger partial charge in [-0.2, -0.15) is 0 Å². The van der Waals surface area contributed by atoms with Crippen LogP contribution in [0.2, 0.25) is 0 Å². The maximum atomic E-state index is 7.72. The second-order valence-electron chi connectivity index (χ2n) is 5.17. The van der Waals surface area contributed by atoms with Crippen molar-refractivity contribution < 1.29 is 0 Å². The Morgan fingerprint density at radius 3 is 1.58 bits per heavy atom. The molecule has 2 aromatic carbocycles. The Morgan fingerprint density at radius 1 is 0.789 bits per heavy atom. The first-order valence-corrected chi connectivity index (χ1v) is 6.43. The highest BCUT2D eigenvalue weighted by molar-refractivity contribution is 5.99. The van der Waals surface area contributed by atoms with Gasteiger partial charge in [-0.1, -0.05) is 24.3 Å². The van der Waals surface area contributed by atoms with Gasteiger partial charge in [0.05, 0.1) is 0 Å². The molecule has 0 aliphatic heterocycles. The Labute approximate surface area is 113 Å². The van der Waals surface area contributed by atoms with Gasteiger partial charge in [0.25, 0.3) is 0 Å². The normalized spacial score (nSPS) is 11.9. The van der Waals surface area contributed by atoms with Crippen LogP contribution in [0.3, 0.4) is 0 Å². The standard InChI is InChI=1S/C17H16N2/c1-10(18)12-3-5-16-14(7-12)9-15-8-13(11(2)19)4-6-17(15)16/h3-8,18-19H,9H2,1-2H3. The molecule has 0 heterocycles. The smallest absolute Gasteiger partial charge is 0.0355 e. The molecule has 0 radical (unpaired) electrons. The zero-order valence-electron chi connectivity index (χ0n) is 11.2. The molecular weight excluding hydrogens is 232 g/mol. The molecule has 0 bridgehead atoms. The maximum absolute atomic E-state index is 7.72. The molecule has 1 aliphatic rings. The third-order valence-corrected chi connectivity index (χ3v) is 3.75. The fourth-order valence-corrected chi connectivity index (χ4v) is 2.68. The number of hydrogen-bond acceptors (Lipinski definition) is 2. The zero-order chi connectivity index (χ0) is 13.6. The van der Waals surface area contributed by atoms with Crippen LogP contribution < -0.4 is 0 Å². The first-order chi connectivity index (χ1) is 9.06. The molecule has 1 aliphatic carbocycles. The molecule has 0 spiro atoms. The van der Waals surface area contributed by atoms with Crippen molar-refractivity contribution in [2.75, 3.05) is 0 Å². The van der Waals surface area contributed by atoms with E-state index in [1.807, 2.05) is 26.0 Å². The molecule has 0 saturated carbocycles. The van der Waals surface area contributed by atoms with Crippen LogP contribution in [0.4, 0.5) is 0 Å². The van der Waals surface area contributed by atoms with Crippen LogP contribution >= 0.6 is 0 Å². The molecule has 94 valence electrons. The van der Waals surface area contributed by atoms with E-state index in [4.69, 9.17) is 10.8 Å². The lowest BCUT2D eigenvalue weighted by atomic mass is 10.0. The highest BCUT2D eigenvalue weighted by Gasteiger charge is 2.19. The lowest BCUT2D eigenvalue weighted by Gasteiger charge is -2.04. The summed E-state index contributed by atoms with van der Waals surface area (Å²) < 4.78 is 0. The molecule has 0 saturated heterocycles. The van der Waals surface area contributed by atoms with E-state index < -0.39 is 0 Å². The molecule has 2 heteroatoms. The van der Waals surface area contributed by atoms with E-state index in [2.05, 4.69) is 24.3 Å². The van der Waals surface area contributed by atoms with Gasteiger partial charge in [-0.25, -0.2) is 0 Å². The minimum absolute atomic E-state index is 0.606. The Balaban J connectivity index is 2.10. The van der Waals surface area contributed by atoms with E-state index in [-0.39, 0.29) is 0 Å². The van der Waals surface area contributed by atoms with Crippen LogP contribution in [0.15, 0.2) is 36.4 Å². The summed E-state index contributed by atoms with van der Waals surface area (Å²) in [5, 5.41) is 15.4. The Bertz CT molecular complexity index is 650. The van der Waals surface area contributed by atoms with Crippen molar-refractivity contribution in [1.82, 2.24) is 0 Å². The van der Waals surface area contributed by atoms with Gasteiger partial charge in [0.15, 0.2) is 0 Å². The van der Waals surface area contributed by atoms with Gasteiger partial charge in [0, 0.05) is 11.4 Å². The topological polar surface area (TPSA) is 47.7 Å². The van der Waals surface area contributed by atoms with Crippen molar-refractivity contribution in [2.45, 2.75) is 20.3 Å². The monoisotopic (exact) mass is 248 g/mol. The second kappa shape index (κ2) is 4.16. The minimum atomic E-state index is 0.606. The molecule has 2 nitrogen and oxygen atoms in total. The Kier molecular flexibility index (Phi) is 2.59. The van der Waals surface area contributed by atoms with Crippen LogP contribution in [0.5, 0.6) is 0 Å². The van der Waals surface area contributed by atoms with E-state index in [1.54, 1.807) is 0 Å². The number of nitrogens with one attached hydrogen (secondary N) is 2. The number of rotatable bonds is 2. The Morgan fingerprint density at radius 2 is 1.21 bits per heavy atom. The van der Waals surface area contributed by atoms with Crippen LogP contribution in [0, 0.1) is 10.8 Å². The second-order valence-corrected chi connectivity index (χ2v) is 5.17. The summed E-state index contributed by atoms with van der Waals surface area (Å²) in [6.07, 6.45) is 0.910. The zero-order valence-corrected chi connectivity index (χ0v) is 11.2. The maximum Gasteiger partial charge on any atom is 0.0355 e. The van der Waals surface area contributed by atoms with Gasteiger partial charge in [0.1, 0.15) is 0 Å². The van der Waals surface area contributed by atoms with E-state index in [0.717, 1.165) is 17.5 Å². The van der Waals surface area contributed by atoms with E-state index in [1.165, 1.54) is 22.3 Å². The summed E-state index contributed by atoms with van der Waals surface area (Å²) in [6, 6.07) is 12.5. The highest BCUT2D eigenvalue weighted by Crippen LogP contribution is 2.37. The molecule has 0 fully saturated rings. The van der Waals surface area contributed by atoms with E-state index in [9.17, 15) is 0 Å². The molecule has 19 heavy (non-hydrogen) atoms. The van der Waals surface area contributed by atoms with Crippen molar-refractivity contribution in [3.8, 4) is 11.1 Å². The summed E-state index contributed by atoms with van der Waals surface area (Å²) in [7, 11) is 0. The first-order valence-electron chi connectivity index (χ1n) is 6.43. The lowest BCUT2D eigenvalue weighted by molar-refractivity contribution is 1.25. The summed E-state index contributed by atoms with van der Waals surface area (Å²) >= 11 is 0. The average Bonchev–Trinajstić information content (AvgIpc) is 2.74. The van der Waals surface area contributed by atoms with Crippen LogP contribution in [-0.2, 0) is 6.42 Å². The fourth-order valence-electron chi connectivity index (χ4n) is 2.68. The predicted molar refractivity (Wildman–Crippen MR) is 79.7 cm³/mol. The van der Waals surface area contributed by atoms with Crippen LogP contribution in [0.1, 0.15) is 36.1 Å². The molecule has 3 rings (SSSR count). The van der Waals surface area contributed by atoms with E-state index >= 15 is 0 Å². The van der Waals surface area contributed by atoms with Crippen LogP contribution in [0.25, 0.3) is 11.1 Å². The van der Waals surface area contributed by atoms with Crippen molar-refractivity contribution in [3.05, 3.63) is 58.7 Å². The molecule has 2 N–H and O–H groups in total.